The van der Waals surface area contributed by atoms with Gasteiger partial charge >= 0.3 is 0 Å². The highest BCUT2D eigenvalue weighted by Gasteiger charge is 2.45. The van der Waals surface area contributed by atoms with Crippen molar-refractivity contribution in [2.45, 2.75) is 24.7 Å². The van der Waals surface area contributed by atoms with Crippen molar-refractivity contribution < 1.29 is 4.42 Å². The molecule has 0 bridgehead atoms. The van der Waals surface area contributed by atoms with Crippen LogP contribution in [0.25, 0.3) is 49.8 Å². The first-order valence-electron chi connectivity index (χ1n) is 22.1. The normalized spacial score (nSPS) is 19.6. The van der Waals surface area contributed by atoms with E-state index >= 15 is 0 Å². The Morgan fingerprint density at radius 2 is 1.10 bits per heavy atom. The van der Waals surface area contributed by atoms with Gasteiger partial charge < -0.3 is 9.32 Å². The van der Waals surface area contributed by atoms with E-state index in [4.69, 9.17) is 4.42 Å². The molecule has 1 aromatic heterocycles. The van der Waals surface area contributed by atoms with E-state index in [1.54, 1.807) is 0 Å². The second kappa shape index (κ2) is 14.5. The molecular formula is C61H45NO. The first-order chi connectivity index (χ1) is 31.0. The minimum atomic E-state index is -0.421. The van der Waals surface area contributed by atoms with Crippen LogP contribution in [0, 0.1) is 5.92 Å². The van der Waals surface area contributed by atoms with Gasteiger partial charge in [-0.15, -0.1) is 0 Å². The van der Waals surface area contributed by atoms with Gasteiger partial charge in [0.25, 0.3) is 0 Å². The standard InChI is InChI=1S/C61H45NO/c1-60(40-20-24-42-23-17-30-44(59(42)60)41-21-5-3-6-22-41)50-33-13-15-36-53(50)62(52-35-14-10-27-45(52)46-31-18-39-56-57(46)48-29-11-16-38-55(48)63-56)54-37-19-34-51-58(54)47-28-9-12-32-49(47)61(51,2)43-25-7-4-8-26-43/h3-40,59H,1-2H3. The van der Waals surface area contributed by atoms with Crippen LogP contribution >= 0.6 is 0 Å². The highest BCUT2D eigenvalue weighted by molar-refractivity contribution is 6.14. The molecule has 63 heavy (non-hydrogen) atoms. The molecule has 9 aromatic rings. The predicted octanol–water partition coefficient (Wildman–Crippen LogP) is 16.1. The van der Waals surface area contributed by atoms with E-state index in [0.717, 1.165) is 50.1 Å². The van der Waals surface area contributed by atoms with Gasteiger partial charge in [-0.25, -0.2) is 0 Å². The number of para-hydroxylation sites is 3. The summed E-state index contributed by atoms with van der Waals surface area (Å²) in [5.41, 5.74) is 18.2. The summed E-state index contributed by atoms with van der Waals surface area (Å²) in [4.78, 5) is 2.58. The van der Waals surface area contributed by atoms with Crippen molar-refractivity contribution in [1.29, 1.82) is 0 Å². The number of allylic oxidation sites excluding steroid dienone is 8. The SMILES string of the molecule is CC1(c2ccccc2)c2ccccc2-c2c(N(c3ccccc3-c3cccc4oc5ccccc5c34)c3ccccc3C3(C)C=CC=C4C=CC=C(c5ccccc5)C43)cccc21. The Morgan fingerprint density at radius 3 is 1.94 bits per heavy atom. The Kier molecular flexibility index (Phi) is 8.52. The van der Waals surface area contributed by atoms with Gasteiger partial charge in [-0.05, 0) is 87.3 Å². The van der Waals surface area contributed by atoms with Crippen LogP contribution in [0.15, 0.2) is 241 Å². The summed E-state index contributed by atoms with van der Waals surface area (Å²) in [6.07, 6.45) is 13.9. The third-order valence-corrected chi connectivity index (χ3v) is 14.1. The van der Waals surface area contributed by atoms with Gasteiger partial charge in [0, 0.05) is 38.6 Å². The summed E-state index contributed by atoms with van der Waals surface area (Å²) in [6, 6.07) is 71.0. The second-order valence-electron chi connectivity index (χ2n) is 17.5. The molecule has 0 amide bonds. The zero-order valence-corrected chi connectivity index (χ0v) is 35.4. The van der Waals surface area contributed by atoms with Crippen LogP contribution in [-0.4, -0.2) is 0 Å². The number of nitrogens with zero attached hydrogens (tertiary/aromatic N) is 1. The van der Waals surface area contributed by atoms with Crippen LogP contribution in [-0.2, 0) is 10.8 Å². The van der Waals surface area contributed by atoms with Crippen LogP contribution in [0.2, 0.25) is 0 Å². The monoisotopic (exact) mass is 807 g/mol. The Hall–Kier alpha value is -7.68. The third-order valence-electron chi connectivity index (χ3n) is 14.1. The lowest BCUT2D eigenvalue weighted by Crippen LogP contribution is -2.36. The second-order valence-corrected chi connectivity index (χ2v) is 17.5. The maximum absolute atomic E-state index is 6.52. The maximum Gasteiger partial charge on any atom is 0.136 e. The third kappa shape index (κ3) is 5.57. The molecule has 3 aliphatic rings. The van der Waals surface area contributed by atoms with E-state index in [-0.39, 0.29) is 11.3 Å². The molecule has 3 aliphatic carbocycles. The van der Waals surface area contributed by atoms with Gasteiger partial charge in [0.05, 0.1) is 17.1 Å². The van der Waals surface area contributed by atoms with E-state index in [2.05, 4.69) is 249 Å². The average molecular weight is 808 g/mol. The summed E-state index contributed by atoms with van der Waals surface area (Å²) in [5.74, 6) is 0.0859. The Bertz CT molecular complexity index is 3380. The quantitative estimate of drug-likeness (QED) is 0.159. The van der Waals surface area contributed by atoms with Crippen LogP contribution in [0.4, 0.5) is 17.1 Å². The summed E-state index contributed by atoms with van der Waals surface area (Å²) in [6.45, 7) is 4.85. The Morgan fingerprint density at radius 1 is 0.476 bits per heavy atom. The first-order valence-corrected chi connectivity index (χ1v) is 22.1. The summed E-state index contributed by atoms with van der Waals surface area (Å²) >= 11 is 0. The number of hydrogen-bond acceptors (Lipinski definition) is 2. The van der Waals surface area contributed by atoms with Crippen LogP contribution < -0.4 is 4.90 Å². The lowest BCUT2D eigenvalue weighted by atomic mass is 9.61. The molecule has 2 nitrogen and oxygen atoms in total. The zero-order chi connectivity index (χ0) is 42.1. The van der Waals surface area contributed by atoms with Gasteiger partial charge in [0.1, 0.15) is 11.2 Å². The maximum atomic E-state index is 6.52. The average Bonchev–Trinajstić information content (AvgIpc) is 3.86. The van der Waals surface area contributed by atoms with Gasteiger partial charge in [0.15, 0.2) is 0 Å². The number of furan rings is 1. The fourth-order valence-electron chi connectivity index (χ4n) is 11.2. The Balaban J connectivity index is 1.16. The van der Waals surface area contributed by atoms with E-state index in [1.165, 1.54) is 50.1 Å². The number of rotatable bonds is 7. The molecular weight excluding hydrogens is 763 g/mol. The minimum Gasteiger partial charge on any atom is -0.456 e. The van der Waals surface area contributed by atoms with Gasteiger partial charge in [-0.1, -0.05) is 207 Å². The largest absolute Gasteiger partial charge is 0.456 e. The van der Waals surface area contributed by atoms with Crippen molar-refractivity contribution in [3.63, 3.8) is 0 Å². The summed E-state index contributed by atoms with van der Waals surface area (Å²) < 4.78 is 6.52. The van der Waals surface area contributed by atoms with Gasteiger partial charge in [-0.2, -0.15) is 0 Å². The zero-order valence-electron chi connectivity index (χ0n) is 35.4. The topological polar surface area (TPSA) is 16.4 Å². The van der Waals surface area contributed by atoms with E-state index < -0.39 is 5.41 Å². The molecule has 0 radical (unpaired) electrons. The van der Waals surface area contributed by atoms with E-state index in [9.17, 15) is 0 Å². The van der Waals surface area contributed by atoms with Gasteiger partial charge in [-0.3, -0.25) is 0 Å². The molecule has 0 fully saturated rings. The molecule has 3 unspecified atom stereocenters. The lowest BCUT2D eigenvalue weighted by molar-refractivity contribution is 0.495. The van der Waals surface area contributed by atoms with Crippen LogP contribution in [0.3, 0.4) is 0 Å². The molecule has 12 rings (SSSR count). The number of fused-ring (bicyclic) bond motifs is 7. The molecule has 2 heteroatoms. The number of anilines is 3. The van der Waals surface area contributed by atoms with E-state index in [0.29, 0.717) is 0 Å². The molecule has 0 spiro atoms. The fourth-order valence-corrected chi connectivity index (χ4v) is 11.2. The van der Waals surface area contributed by atoms with Crippen molar-refractivity contribution in [3.05, 3.63) is 264 Å². The van der Waals surface area contributed by atoms with E-state index in [1.807, 2.05) is 0 Å². The van der Waals surface area contributed by atoms with Crippen molar-refractivity contribution in [2.75, 3.05) is 4.90 Å². The highest BCUT2D eigenvalue weighted by Crippen LogP contribution is 2.59. The van der Waals surface area contributed by atoms with Crippen LogP contribution in [0.5, 0.6) is 0 Å². The summed E-state index contributed by atoms with van der Waals surface area (Å²) in [5, 5.41) is 2.24. The number of benzene rings is 8. The van der Waals surface area contributed by atoms with Crippen molar-refractivity contribution >= 4 is 44.6 Å². The number of hydrogen-bond donors (Lipinski definition) is 0. The van der Waals surface area contributed by atoms with Crippen molar-refractivity contribution in [2.24, 2.45) is 5.92 Å². The molecule has 300 valence electrons. The Labute approximate surface area is 369 Å². The minimum absolute atomic E-state index is 0.0859. The highest BCUT2D eigenvalue weighted by atomic mass is 16.3. The molecule has 0 saturated carbocycles. The van der Waals surface area contributed by atoms with Crippen molar-refractivity contribution in [1.82, 2.24) is 0 Å². The van der Waals surface area contributed by atoms with Gasteiger partial charge in [0.2, 0.25) is 0 Å². The molecule has 1 heterocycles. The van der Waals surface area contributed by atoms with Crippen LogP contribution in [0.1, 0.15) is 41.7 Å². The molecule has 8 aromatic carbocycles. The lowest BCUT2D eigenvalue weighted by Gasteiger charge is -2.44. The smallest absolute Gasteiger partial charge is 0.136 e. The molecule has 0 N–H and O–H groups in total. The summed E-state index contributed by atoms with van der Waals surface area (Å²) in [7, 11) is 0. The van der Waals surface area contributed by atoms with Crippen molar-refractivity contribution in [3.8, 4) is 22.3 Å². The first kappa shape index (κ1) is 37.1. The fraction of sp³-hybridized carbons (Fsp3) is 0.0820. The predicted molar refractivity (Wildman–Crippen MR) is 263 cm³/mol. The molecule has 0 saturated heterocycles. The molecule has 3 atom stereocenters. The molecule has 0 aliphatic heterocycles.